The fourth-order valence-corrected chi connectivity index (χ4v) is 5.67. The zero-order valence-electron chi connectivity index (χ0n) is 17.9. The number of urea groups is 1. The number of para-hydroxylation sites is 1. The van der Waals surface area contributed by atoms with Gasteiger partial charge in [-0.3, -0.25) is 4.72 Å². The van der Waals surface area contributed by atoms with E-state index in [1.165, 1.54) is 6.07 Å². The first kappa shape index (κ1) is 22.4. The van der Waals surface area contributed by atoms with Gasteiger partial charge in [0.15, 0.2) is 0 Å². The zero-order valence-corrected chi connectivity index (χ0v) is 19.5. The summed E-state index contributed by atoms with van der Waals surface area (Å²) in [5.41, 5.74) is 2.64. The molecule has 1 heterocycles. The van der Waals surface area contributed by atoms with Gasteiger partial charge >= 0.3 is 6.03 Å². The van der Waals surface area contributed by atoms with E-state index in [0.717, 1.165) is 36.8 Å². The standard InChI is InChI=1S/C24H27N3O3S2/c1-17-7-9-19(10-8-17)25-24(28)26-23-15-21(11-12-22(23)18-13-14-31-16-18)32(29,30)27-20-5-3-2-4-6-20/h2-6,11-17,19,27H,7-10H2,1H3,(H2,25,26,28). The quantitative estimate of drug-likeness (QED) is 0.419. The van der Waals surface area contributed by atoms with Crippen LogP contribution in [0.25, 0.3) is 11.1 Å². The third kappa shape index (κ3) is 5.49. The molecule has 4 rings (SSSR count). The van der Waals surface area contributed by atoms with Gasteiger partial charge in [0.2, 0.25) is 0 Å². The lowest BCUT2D eigenvalue weighted by Crippen LogP contribution is -2.40. The van der Waals surface area contributed by atoms with Crippen LogP contribution in [0.15, 0.2) is 70.3 Å². The Labute approximate surface area is 193 Å². The van der Waals surface area contributed by atoms with Gasteiger partial charge in [0.25, 0.3) is 10.0 Å². The molecule has 2 amide bonds. The van der Waals surface area contributed by atoms with Crippen molar-refractivity contribution in [2.24, 2.45) is 5.92 Å². The van der Waals surface area contributed by atoms with Gasteiger partial charge in [-0.15, -0.1) is 0 Å². The summed E-state index contributed by atoms with van der Waals surface area (Å²) < 4.78 is 28.5. The van der Waals surface area contributed by atoms with Crippen molar-refractivity contribution in [3.05, 3.63) is 65.4 Å². The normalized spacial score (nSPS) is 18.7. The molecule has 1 fully saturated rings. The van der Waals surface area contributed by atoms with Gasteiger partial charge in [-0.05, 0) is 78.3 Å². The van der Waals surface area contributed by atoms with E-state index in [1.807, 2.05) is 22.9 Å². The molecule has 0 unspecified atom stereocenters. The molecular formula is C24H27N3O3S2. The van der Waals surface area contributed by atoms with E-state index in [0.29, 0.717) is 17.3 Å². The Kier molecular flexibility index (Phi) is 6.81. The van der Waals surface area contributed by atoms with Gasteiger partial charge in [-0.2, -0.15) is 11.3 Å². The van der Waals surface area contributed by atoms with Gasteiger partial charge in [-0.25, -0.2) is 13.2 Å². The van der Waals surface area contributed by atoms with E-state index in [4.69, 9.17) is 0 Å². The molecule has 3 N–H and O–H groups in total. The minimum Gasteiger partial charge on any atom is -0.335 e. The number of rotatable bonds is 6. The van der Waals surface area contributed by atoms with Crippen molar-refractivity contribution >= 4 is 38.8 Å². The summed E-state index contributed by atoms with van der Waals surface area (Å²) >= 11 is 1.54. The average molecular weight is 470 g/mol. The summed E-state index contributed by atoms with van der Waals surface area (Å²) in [5.74, 6) is 0.695. The molecule has 3 aromatic rings. The lowest BCUT2D eigenvalue weighted by molar-refractivity contribution is 0.239. The minimum absolute atomic E-state index is 0.0853. The van der Waals surface area contributed by atoms with Crippen LogP contribution in [0.4, 0.5) is 16.2 Å². The molecule has 0 aliphatic heterocycles. The zero-order chi connectivity index (χ0) is 22.6. The van der Waals surface area contributed by atoms with E-state index in [-0.39, 0.29) is 17.0 Å². The molecule has 6 nitrogen and oxygen atoms in total. The first-order valence-corrected chi connectivity index (χ1v) is 13.2. The number of amides is 2. The SMILES string of the molecule is CC1CCC(NC(=O)Nc2cc(S(=O)(=O)Nc3ccccc3)ccc2-c2ccsc2)CC1. The second-order valence-electron chi connectivity index (χ2n) is 8.25. The number of anilines is 2. The number of thiophene rings is 1. The Morgan fingerprint density at radius 1 is 1.00 bits per heavy atom. The van der Waals surface area contributed by atoms with E-state index >= 15 is 0 Å². The summed E-state index contributed by atoms with van der Waals surface area (Å²) in [6.45, 7) is 2.23. The topological polar surface area (TPSA) is 87.3 Å². The summed E-state index contributed by atoms with van der Waals surface area (Å²) in [7, 11) is -3.81. The molecule has 1 aromatic heterocycles. The van der Waals surface area contributed by atoms with E-state index in [9.17, 15) is 13.2 Å². The maximum atomic E-state index is 12.9. The number of hydrogen-bond acceptors (Lipinski definition) is 4. The molecule has 1 aliphatic rings. The lowest BCUT2D eigenvalue weighted by Gasteiger charge is -2.27. The van der Waals surface area contributed by atoms with Gasteiger partial charge in [-0.1, -0.05) is 31.2 Å². The molecule has 0 spiro atoms. The minimum atomic E-state index is -3.81. The fourth-order valence-electron chi connectivity index (χ4n) is 3.93. The van der Waals surface area contributed by atoms with E-state index in [1.54, 1.807) is 47.7 Å². The summed E-state index contributed by atoms with van der Waals surface area (Å²) in [5, 5.41) is 9.86. The highest BCUT2D eigenvalue weighted by atomic mass is 32.2. The summed E-state index contributed by atoms with van der Waals surface area (Å²) in [6.07, 6.45) is 4.12. The lowest BCUT2D eigenvalue weighted by atomic mass is 9.87. The van der Waals surface area contributed by atoms with Crippen molar-refractivity contribution < 1.29 is 13.2 Å². The maximum absolute atomic E-state index is 12.9. The second kappa shape index (κ2) is 9.75. The van der Waals surface area contributed by atoms with Crippen LogP contribution in [0.2, 0.25) is 0 Å². The van der Waals surface area contributed by atoms with Gasteiger partial charge < -0.3 is 10.6 Å². The molecule has 168 valence electrons. The van der Waals surface area contributed by atoms with Crippen molar-refractivity contribution in [3.8, 4) is 11.1 Å². The van der Waals surface area contributed by atoms with Gasteiger partial charge in [0.05, 0.1) is 10.6 Å². The van der Waals surface area contributed by atoms with Crippen molar-refractivity contribution in [1.29, 1.82) is 0 Å². The van der Waals surface area contributed by atoms with Crippen LogP contribution in [0, 0.1) is 5.92 Å². The predicted molar refractivity (Wildman–Crippen MR) is 131 cm³/mol. The number of carbonyl (C=O) groups excluding carboxylic acids is 1. The van der Waals surface area contributed by atoms with E-state index in [2.05, 4.69) is 22.3 Å². The van der Waals surface area contributed by atoms with Crippen LogP contribution < -0.4 is 15.4 Å². The molecule has 0 bridgehead atoms. The molecule has 1 saturated carbocycles. The van der Waals surface area contributed by atoms with Crippen molar-refractivity contribution in [1.82, 2.24) is 5.32 Å². The van der Waals surface area contributed by atoms with Crippen LogP contribution in [0.1, 0.15) is 32.6 Å². The predicted octanol–water partition coefficient (Wildman–Crippen LogP) is 5.92. The number of carbonyl (C=O) groups is 1. The number of nitrogens with one attached hydrogen (secondary N) is 3. The average Bonchev–Trinajstić information content (AvgIpc) is 3.30. The smallest absolute Gasteiger partial charge is 0.319 e. The highest BCUT2D eigenvalue weighted by Gasteiger charge is 2.22. The molecule has 0 radical (unpaired) electrons. The van der Waals surface area contributed by atoms with Gasteiger partial charge in [0, 0.05) is 17.3 Å². The monoisotopic (exact) mass is 469 g/mol. The molecular weight excluding hydrogens is 442 g/mol. The largest absolute Gasteiger partial charge is 0.335 e. The van der Waals surface area contributed by atoms with Crippen LogP contribution >= 0.6 is 11.3 Å². The third-order valence-electron chi connectivity index (χ3n) is 5.76. The van der Waals surface area contributed by atoms with Crippen LogP contribution in [0.3, 0.4) is 0 Å². The number of sulfonamides is 1. The molecule has 1 aliphatic carbocycles. The summed E-state index contributed by atoms with van der Waals surface area (Å²) in [4.78, 5) is 12.8. The van der Waals surface area contributed by atoms with Crippen LogP contribution in [-0.4, -0.2) is 20.5 Å². The van der Waals surface area contributed by atoms with E-state index < -0.39 is 10.0 Å². The Hall–Kier alpha value is -2.84. The second-order valence-corrected chi connectivity index (χ2v) is 10.7. The first-order valence-electron chi connectivity index (χ1n) is 10.7. The van der Waals surface area contributed by atoms with Crippen molar-refractivity contribution in [3.63, 3.8) is 0 Å². The van der Waals surface area contributed by atoms with Crippen LogP contribution in [0.5, 0.6) is 0 Å². The highest BCUT2D eigenvalue weighted by Crippen LogP contribution is 2.32. The Morgan fingerprint density at radius 3 is 2.44 bits per heavy atom. The maximum Gasteiger partial charge on any atom is 0.319 e. The molecule has 8 heteroatoms. The number of benzene rings is 2. The molecule has 0 atom stereocenters. The van der Waals surface area contributed by atoms with Crippen molar-refractivity contribution in [2.75, 3.05) is 10.0 Å². The number of hydrogen-bond donors (Lipinski definition) is 3. The van der Waals surface area contributed by atoms with Gasteiger partial charge in [0.1, 0.15) is 0 Å². The molecule has 2 aromatic carbocycles. The molecule has 0 saturated heterocycles. The highest BCUT2D eigenvalue weighted by molar-refractivity contribution is 7.92. The Bertz CT molecular complexity index is 1150. The Morgan fingerprint density at radius 2 is 1.75 bits per heavy atom. The molecule has 32 heavy (non-hydrogen) atoms. The Balaban J connectivity index is 1.58. The summed E-state index contributed by atoms with van der Waals surface area (Å²) in [6, 6.07) is 15.3. The van der Waals surface area contributed by atoms with Crippen LogP contribution in [-0.2, 0) is 10.0 Å². The third-order valence-corrected chi connectivity index (χ3v) is 7.82. The fraction of sp³-hybridized carbons (Fsp3) is 0.292. The first-order chi connectivity index (χ1) is 15.4. The van der Waals surface area contributed by atoms with Crippen molar-refractivity contribution in [2.45, 2.75) is 43.5 Å².